The van der Waals surface area contributed by atoms with Crippen LogP contribution in [0.1, 0.15) is 34.0 Å². The van der Waals surface area contributed by atoms with E-state index in [1.165, 1.54) is 6.07 Å². The molecule has 0 aliphatic rings. The summed E-state index contributed by atoms with van der Waals surface area (Å²) < 4.78 is 13.4. The van der Waals surface area contributed by atoms with Gasteiger partial charge in [0.15, 0.2) is 6.29 Å². The fourth-order valence-electron chi connectivity index (χ4n) is 1.74. The first kappa shape index (κ1) is 14.3. The molecule has 0 spiro atoms. The van der Waals surface area contributed by atoms with Gasteiger partial charge in [-0.25, -0.2) is 4.39 Å². The highest BCUT2D eigenvalue weighted by Gasteiger charge is 2.25. The average molecular weight is 255 g/mol. The van der Waals surface area contributed by atoms with Crippen LogP contribution in [0.2, 0.25) is 0 Å². The van der Waals surface area contributed by atoms with Gasteiger partial charge >= 0.3 is 0 Å². The minimum Gasteiger partial charge on any atom is -0.390 e. The van der Waals surface area contributed by atoms with E-state index >= 15 is 0 Å². The van der Waals surface area contributed by atoms with Gasteiger partial charge in [0.05, 0.1) is 18.1 Å². The second kappa shape index (κ2) is 5.70. The summed E-state index contributed by atoms with van der Waals surface area (Å²) in [6.45, 7) is 1.56. The molecule has 1 aromatic rings. The molecule has 4 N–H and O–H groups in total. The number of nitrogens with two attached hydrogens (primary N) is 1. The van der Waals surface area contributed by atoms with Crippen molar-refractivity contribution in [2.24, 2.45) is 5.73 Å². The zero-order valence-corrected chi connectivity index (χ0v) is 9.76. The molecule has 0 saturated heterocycles. The van der Waals surface area contributed by atoms with Gasteiger partial charge in [-0.3, -0.25) is 9.59 Å². The molecule has 5 nitrogen and oxygen atoms in total. The van der Waals surface area contributed by atoms with E-state index in [1.54, 1.807) is 6.92 Å². The first-order chi connectivity index (χ1) is 8.38. The lowest BCUT2D eigenvalue weighted by atomic mass is 9.93. The molecular formula is C12H14FNO4. The number of hydrogen-bond donors (Lipinski definition) is 3. The van der Waals surface area contributed by atoms with Gasteiger partial charge in [0.1, 0.15) is 11.9 Å². The highest BCUT2D eigenvalue weighted by molar-refractivity contribution is 5.79. The Labute approximate surface area is 103 Å². The Morgan fingerprint density at radius 2 is 2.11 bits per heavy atom. The van der Waals surface area contributed by atoms with Crippen LogP contribution in [0.5, 0.6) is 0 Å². The second-order valence-corrected chi connectivity index (χ2v) is 3.99. The minimum atomic E-state index is -1.55. The third kappa shape index (κ3) is 2.91. The van der Waals surface area contributed by atoms with Gasteiger partial charge in [-0.2, -0.15) is 0 Å². The molecule has 1 rings (SSSR count). The van der Waals surface area contributed by atoms with Crippen molar-refractivity contribution in [1.29, 1.82) is 0 Å². The van der Waals surface area contributed by atoms with Crippen LogP contribution in [0, 0.1) is 12.7 Å². The highest BCUT2D eigenvalue weighted by Crippen LogP contribution is 2.27. The summed E-state index contributed by atoms with van der Waals surface area (Å²) in [7, 11) is 0. The van der Waals surface area contributed by atoms with Gasteiger partial charge in [0, 0.05) is 0 Å². The standard InChI is InChI=1S/C12H14FNO4/c1-6-2-3-8(13)7(5-15)11(6)12(18)9(16)4-10(14)17/h2-3,5,9,12,16,18H,4H2,1H3,(H2,14,17). The highest BCUT2D eigenvalue weighted by atomic mass is 19.1. The van der Waals surface area contributed by atoms with Crippen molar-refractivity contribution >= 4 is 12.2 Å². The van der Waals surface area contributed by atoms with E-state index in [2.05, 4.69) is 0 Å². The molecule has 0 fully saturated rings. The van der Waals surface area contributed by atoms with Gasteiger partial charge in [0.25, 0.3) is 0 Å². The number of hydrogen-bond acceptors (Lipinski definition) is 4. The Kier molecular flexibility index (Phi) is 4.52. The first-order valence-corrected chi connectivity index (χ1v) is 5.27. The molecule has 1 amide bonds. The van der Waals surface area contributed by atoms with Crippen molar-refractivity contribution in [1.82, 2.24) is 0 Å². The van der Waals surface area contributed by atoms with Crippen LogP contribution in [0.25, 0.3) is 0 Å². The molecule has 0 bridgehead atoms. The molecular weight excluding hydrogens is 241 g/mol. The third-order valence-electron chi connectivity index (χ3n) is 2.64. The van der Waals surface area contributed by atoms with E-state index in [0.717, 1.165) is 6.07 Å². The van der Waals surface area contributed by atoms with Crippen molar-refractivity contribution in [3.63, 3.8) is 0 Å². The summed E-state index contributed by atoms with van der Waals surface area (Å²) in [5.74, 6) is -1.60. The smallest absolute Gasteiger partial charge is 0.220 e. The van der Waals surface area contributed by atoms with Crippen molar-refractivity contribution in [2.75, 3.05) is 0 Å². The van der Waals surface area contributed by atoms with Crippen LogP contribution in [0.4, 0.5) is 4.39 Å². The van der Waals surface area contributed by atoms with Crippen LogP contribution in [-0.4, -0.2) is 28.5 Å². The predicted octanol–water partition coefficient (Wildman–Crippen LogP) is 0.216. The number of halogens is 1. The summed E-state index contributed by atoms with van der Waals surface area (Å²) >= 11 is 0. The first-order valence-electron chi connectivity index (χ1n) is 5.27. The molecule has 18 heavy (non-hydrogen) atoms. The number of aliphatic hydroxyl groups excluding tert-OH is 2. The van der Waals surface area contributed by atoms with Crippen LogP contribution in [0.3, 0.4) is 0 Å². The third-order valence-corrected chi connectivity index (χ3v) is 2.64. The van der Waals surface area contributed by atoms with Crippen LogP contribution in [-0.2, 0) is 4.79 Å². The molecule has 0 aliphatic heterocycles. The molecule has 0 aromatic heterocycles. The maximum Gasteiger partial charge on any atom is 0.220 e. The van der Waals surface area contributed by atoms with E-state index in [-0.39, 0.29) is 17.4 Å². The summed E-state index contributed by atoms with van der Waals surface area (Å²) in [4.78, 5) is 21.5. The van der Waals surface area contributed by atoms with Crippen LogP contribution >= 0.6 is 0 Å². The molecule has 2 atom stereocenters. The number of benzene rings is 1. The fraction of sp³-hybridized carbons (Fsp3) is 0.333. The van der Waals surface area contributed by atoms with Gasteiger partial charge in [-0.15, -0.1) is 0 Å². The Morgan fingerprint density at radius 1 is 1.50 bits per heavy atom. The lowest BCUT2D eigenvalue weighted by molar-refractivity contribution is -0.121. The van der Waals surface area contributed by atoms with Gasteiger partial charge in [-0.05, 0) is 24.1 Å². The van der Waals surface area contributed by atoms with E-state index in [4.69, 9.17) is 5.73 Å². The maximum absolute atomic E-state index is 13.4. The maximum atomic E-state index is 13.4. The van der Waals surface area contributed by atoms with Crippen molar-refractivity contribution < 1.29 is 24.2 Å². The topological polar surface area (TPSA) is 101 Å². The van der Waals surface area contributed by atoms with Crippen LogP contribution < -0.4 is 5.73 Å². The van der Waals surface area contributed by atoms with E-state index < -0.39 is 30.4 Å². The lowest BCUT2D eigenvalue weighted by Gasteiger charge is -2.20. The van der Waals surface area contributed by atoms with Gasteiger partial charge in [0.2, 0.25) is 5.91 Å². The molecule has 1 aromatic carbocycles. The van der Waals surface area contributed by atoms with Crippen molar-refractivity contribution in [3.8, 4) is 0 Å². The number of aryl methyl sites for hydroxylation is 1. The number of carbonyl (C=O) groups is 2. The zero-order valence-electron chi connectivity index (χ0n) is 9.76. The summed E-state index contributed by atoms with van der Waals surface area (Å²) in [5.41, 5.74) is 4.98. The number of amides is 1. The quantitative estimate of drug-likeness (QED) is 0.655. The summed E-state index contributed by atoms with van der Waals surface area (Å²) in [5, 5.41) is 19.5. The van der Waals surface area contributed by atoms with Crippen molar-refractivity contribution in [2.45, 2.75) is 25.6 Å². The number of carbonyl (C=O) groups excluding carboxylic acids is 2. The summed E-state index contributed by atoms with van der Waals surface area (Å²) in [6, 6.07) is 2.47. The molecule has 0 saturated carbocycles. The SMILES string of the molecule is Cc1ccc(F)c(C=O)c1C(O)C(O)CC(N)=O. The molecule has 2 unspecified atom stereocenters. The predicted molar refractivity (Wildman–Crippen MR) is 61.3 cm³/mol. The zero-order chi connectivity index (χ0) is 13.9. The van der Waals surface area contributed by atoms with E-state index in [1.807, 2.05) is 0 Å². The number of aliphatic hydroxyl groups is 2. The van der Waals surface area contributed by atoms with E-state index in [9.17, 15) is 24.2 Å². The normalized spacial score (nSPS) is 14.0. The number of aldehydes is 1. The Morgan fingerprint density at radius 3 is 2.61 bits per heavy atom. The van der Waals surface area contributed by atoms with E-state index in [0.29, 0.717) is 5.56 Å². The molecule has 0 heterocycles. The monoisotopic (exact) mass is 255 g/mol. The molecule has 0 aliphatic carbocycles. The second-order valence-electron chi connectivity index (χ2n) is 3.99. The fourth-order valence-corrected chi connectivity index (χ4v) is 1.74. The van der Waals surface area contributed by atoms with Crippen LogP contribution in [0.15, 0.2) is 12.1 Å². The van der Waals surface area contributed by atoms with Crippen molar-refractivity contribution in [3.05, 3.63) is 34.6 Å². The number of rotatable bonds is 5. The minimum absolute atomic E-state index is 0.0289. The van der Waals surface area contributed by atoms with Gasteiger partial charge in [-0.1, -0.05) is 6.07 Å². The average Bonchev–Trinajstić information content (AvgIpc) is 2.29. The largest absolute Gasteiger partial charge is 0.390 e. The summed E-state index contributed by atoms with van der Waals surface area (Å²) in [6.07, 6.45) is -3.25. The molecule has 6 heteroatoms. The van der Waals surface area contributed by atoms with Gasteiger partial charge < -0.3 is 15.9 Å². The molecule has 0 radical (unpaired) electrons. The Balaban J connectivity index is 3.19. The number of primary amides is 1. The lowest BCUT2D eigenvalue weighted by Crippen LogP contribution is -2.27. The molecule has 98 valence electrons. The Hall–Kier alpha value is -1.79. The Bertz CT molecular complexity index is 475.